The van der Waals surface area contributed by atoms with Gasteiger partial charge in [0.2, 0.25) is 5.91 Å². The molecular weight excluding hydrogens is 296 g/mol. The van der Waals surface area contributed by atoms with Crippen LogP contribution in [0.4, 0.5) is 5.69 Å². The molecule has 104 valence electrons. The van der Waals surface area contributed by atoms with E-state index < -0.39 is 0 Å². The topological polar surface area (TPSA) is 72.9 Å². The minimum Gasteiger partial charge on any atom is -0.389 e. The molecule has 1 aromatic heterocycles. The summed E-state index contributed by atoms with van der Waals surface area (Å²) >= 11 is 10.6. The first-order chi connectivity index (χ1) is 9.54. The van der Waals surface area contributed by atoms with E-state index in [2.05, 4.69) is 10.4 Å². The molecule has 0 spiro atoms. The first-order valence-electron chi connectivity index (χ1n) is 5.92. The third-order valence-electron chi connectivity index (χ3n) is 2.62. The Morgan fingerprint density at radius 3 is 2.65 bits per heavy atom. The highest BCUT2D eigenvalue weighted by atomic mass is 35.5. The van der Waals surface area contributed by atoms with Crippen LogP contribution in [0.15, 0.2) is 36.7 Å². The SMILES string of the molecule is NC(=S)c1ccc(NC(=O)CCn2cc(Cl)cn2)cc1. The highest BCUT2D eigenvalue weighted by molar-refractivity contribution is 7.80. The van der Waals surface area contributed by atoms with Gasteiger partial charge in [-0.3, -0.25) is 9.48 Å². The summed E-state index contributed by atoms with van der Waals surface area (Å²) in [7, 11) is 0. The van der Waals surface area contributed by atoms with E-state index in [9.17, 15) is 4.79 Å². The number of amides is 1. The molecule has 20 heavy (non-hydrogen) atoms. The van der Waals surface area contributed by atoms with Crippen LogP contribution in [0, 0.1) is 0 Å². The summed E-state index contributed by atoms with van der Waals surface area (Å²) in [6.45, 7) is 0.476. The molecule has 3 N–H and O–H groups in total. The van der Waals surface area contributed by atoms with Gasteiger partial charge in [0.1, 0.15) is 4.99 Å². The molecule has 0 saturated heterocycles. The predicted octanol–water partition coefficient (Wildman–Crippen LogP) is 2.20. The van der Waals surface area contributed by atoms with Crippen molar-refractivity contribution in [2.45, 2.75) is 13.0 Å². The molecule has 0 bridgehead atoms. The number of thiocarbonyl (C=S) groups is 1. The third kappa shape index (κ3) is 4.04. The van der Waals surface area contributed by atoms with Crippen LogP contribution in [0.25, 0.3) is 0 Å². The molecule has 2 rings (SSSR count). The Hall–Kier alpha value is -1.92. The molecule has 5 nitrogen and oxygen atoms in total. The second-order valence-corrected chi connectivity index (χ2v) is 5.04. The summed E-state index contributed by atoms with van der Waals surface area (Å²) in [5, 5.41) is 7.34. The summed E-state index contributed by atoms with van der Waals surface area (Å²) in [4.78, 5) is 12.1. The maximum atomic E-state index is 11.8. The molecule has 1 amide bonds. The van der Waals surface area contributed by atoms with Crippen molar-refractivity contribution >= 4 is 40.4 Å². The number of carbonyl (C=O) groups is 1. The highest BCUT2D eigenvalue weighted by Gasteiger charge is 2.04. The van der Waals surface area contributed by atoms with E-state index in [0.717, 1.165) is 5.56 Å². The monoisotopic (exact) mass is 308 g/mol. The molecule has 0 unspecified atom stereocenters. The van der Waals surface area contributed by atoms with E-state index in [1.165, 1.54) is 6.20 Å². The number of carbonyl (C=O) groups excluding carboxylic acids is 1. The van der Waals surface area contributed by atoms with Gasteiger partial charge in [-0.2, -0.15) is 5.10 Å². The average molecular weight is 309 g/mol. The lowest BCUT2D eigenvalue weighted by Crippen LogP contribution is -2.15. The van der Waals surface area contributed by atoms with Crippen molar-refractivity contribution in [2.24, 2.45) is 5.73 Å². The van der Waals surface area contributed by atoms with Gasteiger partial charge < -0.3 is 11.1 Å². The lowest BCUT2D eigenvalue weighted by atomic mass is 10.2. The van der Waals surface area contributed by atoms with E-state index in [1.807, 2.05) is 0 Å². The van der Waals surface area contributed by atoms with Crippen molar-refractivity contribution in [3.8, 4) is 0 Å². The largest absolute Gasteiger partial charge is 0.389 e. The Labute approximate surface area is 126 Å². The van der Waals surface area contributed by atoms with Gasteiger partial charge in [-0.05, 0) is 24.3 Å². The minimum absolute atomic E-state index is 0.0975. The summed E-state index contributed by atoms with van der Waals surface area (Å²) in [5.41, 5.74) is 6.97. The Morgan fingerprint density at radius 1 is 1.40 bits per heavy atom. The number of aryl methyl sites for hydroxylation is 1. The van der Waals surface area contributed by atoms with Crippen LogP contribution in [-0.4, -0.2) is 20.7 Å². The van der Waals surface area contributed by atoms with Crippen molar-refractivity contribution in [1.29, 1.82) is 0 Å². The smallest absolute Gasteiger partial charge is 0.226 e. The molecule has 0 saturated carbocycles. The molecular formula is C13H13ClN4OS. The number of nitrogens with two attached hydrogens (primary N) is 1. The Kier molecular flexibility index (Phi) is 4.70. The Bertz CT molecular complexity index is 624. The van der Waals surface area contributed by atoms with Gasteiger partial charge in [-0.25, -0.2) is 0 Å². The molecule has 0 radical (unpaired) electrons. The van der Waals surface area contributed by atoms with Crippen LogP contribution in [-0.2, 0) is 11.3 Å². The molecule has 0 aliphatic heterocycles. The molecule has 7 heteroatoms. The van der Waals surface area contributed by atoms with Crippen molar-refractivity contribution in [1.82, 2.24) is 9.78 Å². The lowest BCUT2D eigenvalue weighted by molar-refractivity contribution is -0.116. The van der Waals surface area contributed by atoms with Crippen molar-refractivity contribution in [3.63, 3.8) is 0 Å². The number of halogens is 1. The zero-order valence-corrected chi connectivity index (χ0v) is 12.1. The number of nitrogens with zero attached hydrogens (tertiary/aromatic N) is 2. The zero-order valence-electron chi connectivity index (χ0n) is 10.5. The molecule has 1 aromatic carbocycles. The molecule has 2 aromatic rings. The quantitative estimate of drug-likeness (QED) is 0.831. The average Bonchev–Trinajstić information content (AvgIpc) is 2.83. The zero-order chi connectivity index (χ0) is 14.5. The van der Waals surface area contributed by atoms with Crippen LogP contribution < -0.4 is 11.1 Å². The summed E-state index contributed by atoms with van der Waals surface area (Å²) in [6.07, 6.45) is 3.52. The normalized spacial score (nSPS) is 10.2. The van der Waals surface area contributed by atoms with E-state index >= 15 is 0 Å². The number of hydrogen-bond donors (Lipinski definition) is 2. The number of hydrogen-bond acceptors (Lipinski definition) is 3. The maximum absolute atomic E-state index is 11.8. The third-order valence-corrected chi connectivity index (χ3v) is 3.05. The fraction of sp³-hybridized carbons (Fsp3) is 0.154. The van der Waals surface area contributed by atoms with E-state index in [0.29, 0.717) is 28.7 Å². The number of aromatic nitrogens is 2. The number of anilines is 1. The van der Waals surface area contributed by atoms with Gasteiger partial charge >= 0.3 is 0 Å². The lowest BCUT2D eigenvalue weighted by Gasteiger charge is -2.06. The van der Waals surface area contributed by atoms with Gasteiger partial charge in [0.15, 0.2) is 0 Å². The Balaban J connectivity index is 1.86. The highest BCUT2D eigenvalue weighted by Crippen LogP contribution is 2.10. The fourth-order valence-corrected chi connectivity index (χ4v) is 1.91. The van der Waals surface area contributed by atoms with Crippen LogP contribution in [0.2, 0.25) is 5.02 Å². The summed E-state index contributed by atoms with van der Waals surface area (Å²) < 4.78 is 1.62. The number of nitrogens with one attached hydrogen (secondary N) is 1. The van der Waals surface area contributed by atoms with Crippen molar-refractivity contribution < 1.29 is 4.79 Å². The number of rotatable bonds is 5. The van der Waals surface area contributed by atoms with Gasteiger partial charge in [-0.15, -0.1) is 0 Å². The summed E-state index contributed by atoms with van der Waals surface area (Å²) in [6, 6.07) is 7.06. The second-order valence-electron chi connectivity index (χ2n) is 4.16. The molecule has 0 fully saturated rings. The van der Waals surface area contributed by atoms with Crippen LogP contribution >= 0.6 is 23.8 Å². The first kappa shape index (κ1) is 14.5. The van der Waals surface area contributed by atoms with E-state index in [1.54, 1.807) is 35.1 Å². The van der Waals surface area contributed by atoms with Crippen LogP contribution in [0.3, 0.4) is 0 Å². The predicted molar refractivity (Wildman–Crippen MR) is 82.8 cm³/mol. The Morgan fingerprint density at radius 2 is 2.10 bits per heavy atom. The van der Waals surface area contributed by atoms with Gasteiger partial charge in [-0.1, -0.05) is 23.8 Å². The second kappa shape index (κ2) is 6.49. The van der Waals surface area contributed by atoms with Crippen molar-refractivity contribution in [2.75, 3.05) is 5.32 Å². The molecule has 0 atom stereocenters. The molecule has 0 aliphatic carbocycles. The number of benzene rings is 1. The molecule has 0 aliphatic rings. The standard InChI is InChI=1S/C13H13ClN4OS/c14-10-7-16-18(8-10)6-5-12(19)17-11-3-1-9(2-4-11)13(15)20/h1-4,7-8H,5-6H2,(H2,15,20)(H,17,19). The minimum atomic E-state index is -0.0975. The van der Waals surface area contributed by atoms with Crippen LogP contribution in [0.5, 0.6) is 0 Å². The van der Waals surface area contributed by atoms with E-state index in [4.69, 9.17) is 29.6 Å². The van der Waals surface area contributed by atoms with E-state index in [-0.39, 0.29) is 5.91 Å². The van der Waals surface area contributed by atoms with Gasteiger partial charge in [0.25, 0.3) is 0 Å². The van der Waals surface area contributed by atoms with Crippen LogP contribution in [0.1, 0.15) is 12.0 Å². The molecule has 1 heterocycles. The van der Waals surface area contributed by atoms with Gasteiger partial charge in [0.05, 0.1) is 11.2 Å². The van der Waals surface area contributed by atoms with Gasteiger partial charge in [0, 0.05) is 30.4 Å². The fourth-order valence-electron chi connectivity index (χ4n) is 1.62. The maximum Gasteiger partial charge on any atom is 0.226 e. The van der Waals surface area contributed by atoms with Crippen molar-refractivity contribution in [3.05, 3.63) is 47.2 Å². The first-order valence-corrected chi connectivity index (χ1v) is 6.71. The summed E-state index contributed by atoms with van der Waals surface area (Å²) in [5.74, 6) is -0.0975.